The van der Waals surface area contributed by atoms with Crippen LogP contribution >= 0.6 is 0 Å². The summed E-state index contributed by atoms with van der Waals surface area (Å²) < 4.78 is 10.3. The van der Waals surface area contributed by atoms with E-state index >= 15 is 0 Å². The van der Waals surface area contributed by atoms with Gasteiger partial charge < -0.3 is 14.6 Å². The smallest absolute Gasteiger partial charge is 0.305 e. The van der Waals surface area contributed by atoms with Crippen molar-refractivity contribution in [2.75, 3.05) is 13.2 Å². The Labute approximate surface area is 242 Å². The van der Waals surface area contributed by atoms with Crippen LogP contribution < -0.4 is 0 Å². The molecule has 1 N–H and O–H groups in total. The van der Waals surface area contributed by atoms with Gasteiger partial charge in [-0.2, -0.15) is 0 Å². The average Bonchev–Trinajstić information content (AvgIpc) is 2.91. The van der Waals surface area contributed by atoms with E-state index in [-0.39, 0.29) is 25.2 Å². The summed E-state index contributed by atoms with van der Waals surface area (Å²) in [7, 11) is 0. The van der Waals surface area contributed by atoms with E-state index < -0.39 is 6.10 Å². The van der Waals surface area contributed by atoms with Crippen LogP contribution in [0.4, 0.5) is 0 Å². The summed E-state index contributed by atoms with van der Waals surface area (Å²) in [5.41, 5.74) is 0. The predicted molar refractivity (Wildman–Crippen MR) is 164 cm³/mol. The number of aliphatic hydroxyl groups excluding tert-OH is 1. The molecule has 0 aliphatic heterocycles. The number of hydrogen-bond acceptors (Lipinski definition) is 5. The van der Waals surface area contributed by atoms with E-state index in [2.05, 4.69) is 20.8 Å². The molecule has 0 spiro atoms. The van der Waals surface area contributed by atoms with Gasteiger partial charge in [0.15, 0.2) is 0 Å². The number of ether oxygens (including phenoxy) is 2. The van der Waals surface area contributed by atoms with Crippen LogP contribution in [0.25, 0.3) is 0 Å². The summed E-state index contributed by atoms with van der Waals surface area (Å²) in [6.07, 6.45) is 28.6. The summed E-state index contributed by atoms with van der Waals surface area (Å²) >= 11 is 0. The van der Waals surface area contributed by atoms with E-state index in [9.17, 15) is 14.7 Å². The molecule has 0 saturated carbocycles. The van der Waals surface area contributed by atoms with E-state index in [0.29, 0.717) is 12.8 Å². The summed E-state index contributed by atoms with van der Waals surface area (Å²) in [5.74, 6) is 0.271. The minimum Gasteiger partial charge on any atom is -0.463 e. The van der Waals surface area contributed by atoms with Crippen molar-refractivity contribution < 1.29 is 24.2 Å². The lowest BCUT2D eigenvalue weighted by Gasteiger charge is -2.12. The Balaban J connectivity index is 3.41. The number of unbranched alkanes of at least 4 members (excludes halogenated alkanes) is 20. The number of hydrogen-bond donors (Lipinski definition) is 1. The van der Waals surface area contributed by atoms with Crippen molar-refractivity contribution in [3.8, 4) is 0 Å². The third-order valence-corrected chi connectivity index (χ3v) is 7.52. The van der Waals surface area contributed by atoms with E-state index in [1.54, 1.807) is 0 Å². The van der Waals surface area contributed by atoms with Crippen molar-refractivity contribution >= 4 is 11.9 Å². The van der Waals surface area contributed by atoms with Crippen LogP contribution in [0, 0.1) is 5.92 Å². The summed E-state index contributed by atoms with van der Waals surface area (Å²) in [6, 6.07) is 0. The molecule has 1 atom stereocenters. The Bertz CT molecular complexity index is 534. The standard InChI is InChI=1S/C34H66O5/c1-4-5-6-7-8-9-10-11-15-18-21-24-27-33(36)38-29-32(35)30-39-34(37)28-25-22-19-16-13-12-14-17-20-23-26-31(2)3/h31-32,35H,4-30H2,1-3H3/t32-/m0/s1. The molecule has 5 heteroatoms. The second-order valence-electron chi connectivity index (χ2n) is 12.1. The molecule has 0 fully saturated rings. The normalized spacial score (nSPS) is 12.1. The highest BCUT2D eigenvalue weighted by Crippen LogP contribution is 2.15. The highest BCUT2D eigenvalue weighted by molar-refractivity contribution is 5.69. The van der Waals surface area contributed by atoms with Crippen LogP contribution in [0.3, 0.4) is 0 Å². The third kappa shape index (κ3) is 31.3. The van der Waals surface area contributed by atoms with Crippen molar-refractivity contribution in [1.82, 2.24) is 0 Å². The average molecular weight is 555 g/mol. The van der Waals surface area contributed by atoms with Gasteiger partial charge in [-0.15, -0.1) is 0 Å². The number of rotatable bonds is 30. The molecule has 0 unspecified atom stereocenters. The van der Waals surface area contributed by atoms with Gasteiger partial charge in [0.2, 0.25) is 0 Å². The van der Waals surface area contributed by atoms with Gasteiger partial charge >= 0.3 is 11.9 Å². The zero-order chi connectivity index (χ0) is 28.8. The van der Waals surface area contributed by atoms with E-state index in [0.717, 1.165) is 31.6 Å². The first-order valence-electron chi connectivity index (χ1n) is 16.9. The minimum atomic E-state index is -0.953. The molecular weight excluding hydrogens is 488 g/mol. The second-order valence-corrected chi connectivity index (χ2v) is 12.1. The molecule has 0 aliphatic carbocycles. The van der Waals surface area contributed by atoms with Crippen LogP contribution in [0.1, 0.15) is 181 Å². The molecule has 5 nitrogen and oxygen atoms in total. The first-order valence-corrected chi connectivity index (χ1v) is 16.9. The molecular formula is C34H66O5. The number of esters is 2. The van der Waals surface area contributed by atoms with Gasteiger partial charge in [-0.3, -0.25) is 9.59 Å². The van der Waals surface area contributed by atoms with E-state index in [1.807, 2.05) is 0 Å². The topological polar surface area (TPSA) is 72.8 Å². The Morgan fingerprint density at radius 2 is 0.821 bits per heavy atom. The maximum absolute atomic E-state index is 11.9. The number of carbonyl (C=O) groups excluding carboxylic acids is 2. The molecule has 0 aromatic carbocycles. The van der Waals surface area contributed by atoms with Crippen molar-refractivity contribution in [3.63, 3.8) is 0 Å². The van der Waals surface area contributed by atoms with Crippen molar-refractivity contribution in [2.24, 2.45) is 5.92 Å². The van der Waals surface area contributed by atoms with Crippen molar-refractivity contribution in [3.05, 3.63) is 0 Å². The highest BCUT2D eigenvalue weighted by atomic mass is 16.6. The molecule has 0 amide bonds. The molecule has 0 aromatic rings. The number of aliphatic hydroxyl groups is 1. The maximum Gasteiger partial charge on any atom is 0.305 e. The Kier molecular flexibility index (Phi) is 29.0. The maximum atomic E-state index is 11.9. The SMILES string of the molecule is CCCCCCCCCCCCCCC(=O)OC[C@H](O)COC(=O)CCCCCCCCCCCCC(C)C. The summed E-state index contributed by atoms with van der Waals surface area (Å²) in [4.78, 5) is 23.8. The lowest BCUT2D eigenvalue weighted by Crippen LogP contribution is -2.25. The van der Waals surface area contributed by atoms with Crippen LogP contribution in [0.5, 0.6) is 0 Å². The molecule has 0 bridgehead atoms. The quantitative estimate of drug-likeness (QED) is 0.0706. The molecule has 0 aliphatic rings. The van der Waals surface area contributed by atoms with Crippen LogP contribution in [0.15, 0.2) is 0 Å². The van der Waals surface area contributed by atoms with Gasteiger partial charge in [-0.1, -0.05) is 156 Å². The Hall–Kier alpha value is -1.10. The van der Waals surface area contributed by atoms with Crippen LogP contribution in [-0.4, -0.2) is 36.4 Å². The minimum absolute atomic E-state index is 0.109. The lowest BCUT2D eigenvalue weighted by molar-refractivity contribution is -0.152. The van der Waals surface area contributed by atoms with Gasteiger partial charge in [-0.05, 0) is 18.8 Å². The fourth-order valence-electron chi connectivity index (χ4n) is 4.92. The fraction of sp³-hybridized carbons (Fsp3) is 0.941. The van der Waals surface area contributed by atoms with Crippen molar-refractivity contribution in [1.29, 1.82) is 0 Å². The fourth-order valence-corrected chi connectivity index (χ4v) is 4.92. The first kappa shape index (κ1) is 37.9. The van der Waals surface area contributed by atoms with Crippen LogP contribution in [-0.2, 0) is 19.1 Å². The highest BCUT2D eigenvalue weighted by Gasteiger charge is 2.12. The second kappa shape index (κ2) is 29.9. The third-order valence-electron chi connectivity index (χ3n) is 7.52. The zero-order valence-corrected chi connectivity index (χ0v) is 26.3. The molecule has 232 valence electrons. The molecule has 0 rings (SSSR count). The lowest BCUT2D eigenvalue weighted by atomic mass is 10.0. The molecule has 0 radical (unpaired) electrons. The van der Waals surface area contributed by atoms with Crippen molar-refractivity contribution in [2.45, 2.75) is 187 Å². The van der Waals surface area contributed by atoms with E-state index in [1.165, 1.54) is 122 Å². The molecule has 39 heavy (non-hydrogen) atoms. The number of carbonyl (C=O) groups is 2. The monoisotopic (exact) mass is 554 g/mol. The molecule has 0 saturated heterocycles. The Morgan fingerprint density at radius 1 is 0.513 bits per heavy atom. The Morgan fingerprint density at radius 3 is 1.15 bits per heavy atom. The largest absolute Gasteiger partial charge is 0.463 e. The molecule has 0 heterocycles. The summed E-state index contributed by atoms with van der Waals surface area (Å²) in [5, 5.41) is 9.95. The van der Waals surface area contributed by atoms with Crippen LogP contribution in [0.2, 0.25) is 0 Å². The first-order chi connectivity index (χ1) is 19.0. The van der Waals surface area contributed by atoms with Gasteiger partial charge in [0, 0.05) is 12.8 Å². The molecule has 0 aromatic heterocycles. The van der Waals surface area contributed by atoms with E-state index in [4.69, 9.17) is 9.47 Å². The summed E-state index contributed by atoms with van der Waals surface area (Å²) in [6.45, 7) is 6.63. The zero-order valence-electron chi connectivity index (χ0n) is 26.3. The van der Waals surface area contributed by atoms with Gasteiger partial charge in [-0.25, -0.2) is 0 Å². The van der Waals surface area contributed by atoms with Gasteiger partial charge in [0.05, 0.1) is 0 Å². The predicted octanol–water partition coefficient (Wildman–Crippen LogP) is 9.86. The van der Waals surface area contributed by atoms with Gasteiger partial charge in [0.1, 0.15) is 19.3 Å². The van der Waals surface area contributed by atoms with Gasteiger partial charge in [0.25, 0.3) is 0 Å².